The first-order valence-corrected chi connectivity index (χ1v) is 7.70. The largest absolute Gasteiger partial charge is 0.353 e. The number of nitrogens with zero attached hydrogens (tertiary/aromatic N) is 4. The van der Waals surface area contributed by atoms with E-state index in [9.17, 15) is 9.59 Å². The molecular formula is C15H21N5O2. The fourth-order valence-electron chi connectivity index (χ4n) is 2.57. The molecule has 0 unspecified atom stereocenters. The Labute approximate surface area is 129 Å². The average molecular weight is 303 g/mol. The van der Waals surface area contributed by atoms with Crippen LogP contribution in [-0.2, 0) is 4.79 Å². The Hall–Kier alpha value is -2.18. The second-order valence-electron chi connectivity index (χ2n) is 5.90. The summed E-state index contributed by atoms with van der Waals surface area (Å²) in [7, 11) is 0. The lowest BCUT2D eigenvalue weighted by Crippen LogP contribution is -2.48. The number of carbonyl (C=O) groups excluding carboxylic acids is 2. The first-order chi connectivity index (χ1) is 10.5. The van der Waals surface area contributed by atoms with Gasteiger partial charge in [0.25, 0.3) is 5.91 Å². The van der Waals surface area contributed by atoms with Crippen LogP contribution in [0.1, 0.15) is 36.1 Å². The molecule has 2 aliphatic rings. The zero-order valence-electron chi connectivity index (χ0n) is 13.0. The first kappa shape index (κ1) is 14.7. The Morgan fingerprint density at radius 1 is 1.18 bits per heavy atom. The van der Waals surface area contributed by atoms with Crippen molar-refractivity contribution in [3.8, 4) is 0 Å². The number of hydrogen-bond donors (Lipinski definition) is 1. The van der Waals surface area contributed by atoms with Gasteiger partial charge in [0.1, 0.15) is 17.3 Å². The third kappa shape index (κ3) is 3.35. The molecule has 0 aromatic carbocycles. The van der Waals surface area contributed by atoms with Crippen molar-refractivity contribution in [1.29, 1.82) is 0 Å². The summed E-state index contributed by atoms with van der Waals surface area (Å²) in [5.74, 6) is 1.32. The third-order valence-electron chi connectivity index (χ3n) is 4.02. The molecule has 2 amide bonds. The van der Waals surface area contributed by atoms with Gasteiger partial charge in [0, 0.05) is 45.2 Å². The van der Waals surface area contributed by atoms with Crippen LogP contribution >= 0.6 is 0 Å². The molecule has 7 nitrogen and oxygen atoms in total. The van der Waals surface area contributed by atoms with Crippen molar-refractivity contribution >= 4 is 17.6 Å². The fraction of sp³-hybridized carbons (Fsp3) is 0.600. The van der Waals surface area contributed by atoms with Crippen LogP contribution in [-0.4, -0.2) is 58.9 Å². The number of rotatable bonds is 3. The van der Waals surface area contributed by atoms with Crippen LogP contribution in [0, 0.1) is 6.92 Å². The second-order valence-corrected chi connectivity index (χ2v) is 5.90. The maximum atomic E-state index is 12.2. The van der Waals surface area contributed by atoms with Crippen molar-refractivity contribution in [3.63, 3.8) is 0 Å². The van der Waals surface area contributed by atoms with Gasteiger partial charge in [-0.25, -0.2) is 9.97 Å². The number of carbonyl (C=O) groups is 2. The Balaban J connectivity index is 1.72. The van der Waals surface area contributed by atoms with E-state index >= 15 is 0 Å². The second kappa shape index (κ2) is 5.90. The number of anilines is 1. The number of piperazine rings is 1. The highest BCUT2D eigenvalue weighted by Crippen LogP contribution is 2.20. The van der Waals surface area contributed by atoms with Crippen LogP contribution < -0.4 is 10.2 Å². The minimum atomic E-state index is -0.128. The normalized spacial score (nSPS) is 18.3. The summed E-state index contributed by atoms with van der Waals surface area (Å²) in [6.07, 6.45) is 2.10. The molecule has 0 bridgehead atoms. The average Bonchev–Trinajstić information content (AvgIpc) is 3.30. The lowest BCUT2D eigenvalue weighted by molar-refractivity contribution is -0.129. The minimum Gasteiger partial charge on any atom is -0.353 e. The van der Waals surface area contributed by atoms with E-state index in [-0.39, 0.29) is 11.8 Å². The Morgan fingerprint density at radius 3 is 2.45 bits per heavy atom. The molecule has 1 N–H and O–H groups in total. The summed E-state index contributed by atoms with van der Waals surface area (Å²) in [6, 6.07) is 2.05. The van der Waals surface area contributed by atoms with Crippen LogP contribution in [0.15, 0.2) is 6.07 Å². The van der Waals surface area contributed by atoms with E-state index in [1.165, 1.54) is 0 Å². The predicted molar refractivity (Wildman–Crippen MR) is 81.7 cm³/mol. The number of nitrogens with one attached hydrogen (secondary N) is 1. The molecule has 0 atom stereocenters. The van der Waals surface area contributed by atoms with Crippen LogP contribution in [0.5, 0.6) is 0 Å². The molecule has 0 spiro atoms. The van der Waals surface area contributed by atoms with Crippen molar-refractivity contribution in [2.24, 2.45) is 0 Å². The van der Waals surface area contributed by atoms with E-state index in [0.29, 0.717) is 30.6 Å². The maximum absolute atomic E-state index is 12.2. The van der Waals surface area contributed by atoms with Crippen molar-refractivity contribution < 1.29 is 9.59 Å². The molecule has 22 heavy (non-hydrogen) atoms. The number of aryl methyl sites for hydroxylation is 1. The van der Waals surface area contributed by atoms with Crippen molar-refractivity contribution in [1.82, 2.24) is 20.2 Å². The van der Waals surface area contributed by atoms with Gasteiger partial charge in [0.2, 0.25) is 5.91 Å². The molecule has 3 rings (SSSR count). The van der Waals surface area contributed by atoms with E-state index in [2.05, 4.69) is 20.2 Å². The topological polar surface area (TPSA) is 78.4 Å². The smallest absolute Gasteiger partial charge is 0.270 e. The summed E-state index contributed by atoms with van der Waals surface area (Å²) in [5.41, 5.74) is 0.420. The first-order valence-electron chi connectivity index (χ1n) is 7.70. The molecular weight excluding hydrogens is 282 g/mol. The van der Waals surface area contributed by atoms with Gasteiger partial charge in [-0.2, -0.15) is 0 Å². The van der Waals surface area contributed by atoms with Crippen molar-refractivity contribution in [3.05, 3.63) is 17.6 Å². The van der Waals surface area contributed by atoms with Crippen LogP contribution in [0.25, 0.3) is 0 Å². The SMILES string of the molecule is CC(=O)N1CCN(c2cc(C(=O)NC3CC3)nc(C)n2)CC1. The molecule has 1 saturated heterocycles. The predicted octanol–water partition coefficient (Wildman–Crippen LogP) is 0.346. The summed E-state index contributed by atoms with van der Waals surface area (Å²) in [5, 5.41) is 2.95. The van der Waals surface area contributed by atoms with E-state index < -0.39 is 0 Å². The summed E-state index contributed by atoms with van der Waals surface area (Å²) in [6.45, 7) is 6.19. The molecule has 1 aromatic heterocycles. The van der Waals surface area contributed by atoms with Gasteiger partial charge in [-0.1, -0.05) is 0 Å². The van der Waals surface area contributed by atoms with Gasteiger partial charge < -0.3 is 15.1 Å². The molecule has 118 valence electrons. The molecule has 2 heterocycles. The molecule has 1 aromatic rings. The van der Waals surface area contributed by atoms with Gasteiger partial charge in [0.15, 0.2) is 0 Å². The number of hydrogen-bond acceptors (Lipinski definition) is 5. The standard InChI is InChI=1S/C15H21N5O2/c1-10-16-13(15(22)18-12-3-4-12)9-14(17-10)20-7-5-19(6-8-20)11(2)21/h9,12H,3-8H2,1-2H3,(H,18,22). The highest BCUT2D eigenvalue weighted by Gasteiger charge is 2.26. The zero-order chi connectivity index (χ0) is 15.7. The summed E-state index contributed by atoms with van der Waals surface area (Å²) < 4.78 is 0. The van der Waals surface area contributed by atoms with E-state index in [0.717, 1.165) is 31.7 Å². The minimum absolute atomic E-state index is 0.100. The monoisotopic (exact) mass is 303 g/mol. The van der Waals surface area contributed by atoms with Crippen LogP contribution in [0.3, 0.4) is 0 Å². The van der Waals surface area contributed by atoms with E-state index in [4.69, 9.17) is 0 Å². The highest BCUT2D eigenvalue weighted by atomic mass is 16.2. The fourth-order valence-corrected chi connectivity index (χ4v) is 2.57. The Kier molecular flexibility index (Phi) is 3.96. The van der Waals surface area contributed by atoms with E-state index in [1.54, 1.807) is 19.9 Å². The molecule has 1 aliphatic carbocycles. The Bertz CT molecular complexity index is 592. The molecule has 2 fully saturated rings. The van der Waals surface area contributed by atoms with Crippen molar-refractivity contribution in [2.75, 3.05) is 31.1 Å². The van der Waals surface area contributed by atoms with Crippen LogP contribution in [0.4, 0.5) is 5.82 Å². The molecule has 1 aliphatic heterocycles. The summed E-state index contributed by atoms with van der Waals surface area (Å²) in [4.78, 5) is 36.1. The van der Waals surface area contributed by atoms with Gasteiger partial charge in [-0.15, -0.1) is 0 Å². The van der Waals surface area contributed by atoms with Gasteiger partial charge >= 0.3 is 0 Å². The van der Waals surface area contributed by atoms with Gasteiger partial charge in [0.05, 0.1) is 0 Å². The quantitative estimate of drug-likeness (QED) is 0.871. The third-order valence-corrected chi connectivity index (χ3v) is 4.02. The van der Waals surface area contributed by atoms with Crippen molar-refractivity contribution in [2.45, 2.75) is 32.7 Å². The Morgan fingerprint density at radius 2 is 1.86 bits per heavy atom. The lowest BCUT2D eigenvalue weighted by Gasteiger charge is -2.35. The molecule has 1 saturated carbocycles. The summed E-state index contributed by atoms with van der Waals surface area (Å²) >= 11 is 0. The maximum Gasteiger partial charge on any atom is 0.270 e. The molecule has 7 heteroatoms. The number of amides is 2. The highest BCUT2D eigenvalue weighted by molar-refractivity contribution is 5.93. The zero-order valence-corrected chi connectivity index (χ0v) is 13.0. The lowest BCUT2D eigenvalue weighted by atomic mass is 10.2. The number of aromatic nitrogens is 2. The van der Waals surface area contributed by atoms with E-state index in [1.807, 2.05) is 4.90 Å². The molecule has 0 radical (unpaired) electrons. The van der Waals surface area contributed by atoms with Crippen LogP contribution in [0.2, 0.25) is 0 Å². The van der Waals surface area contributed by atoms with Gasteiger partial charge in [-0.3, -0.25) is 9.59 Å². The van der Waals surface area contributed by atoms with Gasteiger partial charge in [-0.05, 0) is 19.8 Å².